The van der Waals surface area contributed by atoms with E-state index in [0.29, 0.717) is 0 Å². The number of piperazine rings is 1. The molecule has 2 aliphatic heterocycles. The Morgan fingerprint density at radius 3 is 2.17 bits per heavy atom. The van der Waals surface area contributed by atoms with Crippen molar-refractivity contribution in [1.29, 1.82) is 0 Å². The molecule has 1 radical (unpaired) electrons. The molecule has 0 aromatic carbocycles. The largest absolute Gasteiger partial charge is 0.381 e. The van der Waals surface area contributed by atoms with Crippen LogP contribution in [0.15, 0.2) is 0 Å². The summed E-state index contributed by atoms with van der Waals surface area (Å²) in [4.78, 5) is 5.18. The first-order chi connectivity index (χ1) is 8.88. The van der Waals surface area contributed by atoms with Gasteiger partial charge in [-0.15, -0.1) is 0 Å². The van der Waals surface area contributed by atoms with E-state index in [1.807, 2.05) is 0 Å². The Kier molecular flexibility index (Phi) is 6.46. The smallest absolute Gasteiger partial charge is 0.0468 e. The molecule has 0 amide bonds. The lowest BCUT2D eigenvalue weighted by atomic mass is 9.95. The Morgan fingerprint density at radius 1 is 0.944 bits per heavy atom. The van der Waals surface area contributed by atoms with Crippen molar-refractivity contribution in [3.8, 4) is 0 Å². The van der Waals surface area contributed by atoms with Crippen molar-refractivity contribution < 1.29 is 4.74 Å². The predicted octanol–water partition coefficient (Wildman–Crippen LogP) is 2.03. The summed E-state index contributed by atoms with van der Waals surface area (Å²) >= 11 is 0. The number of nitrogens with zero attached hydrogens (tertiary/aromatic N) is 2. The number of rotatable bonds is 6. The van der Waals surface area contributed by atoms with Crippen LogP contribution in [0, 0.1) is 12.8 Å². The van der Waals surface area contributed by atoms with Crippen LogP contribution in [0.3, 0.4) is 0 Å². The van der Waals surface area contributed by atoms with Gasteiger partial charge >= 0.3 is 0 Å². The fourth-order valence-electron chi connectivity index (χ4n) is 3.10. The molecule has 2 rings (SSSR count). The molecule has 0 aliphatic carbocycles. The second-order valence-corrected chi connectivity index (χ2v) is 5.73. The SMILES string of the molecule is [CH2]CCN1CCN(CCCC2CCOCC2)CC1. The molecule has 2 heterocycles. The van der Waals surface area contributed by atoms with Crippen LogP contribution in [0.4, 0.5) is 0 Å². The van der Waals surface area contributed by atoms with Gasteiger partial charge in [-0.3, -0.25) is 0 Å². The summed E-state index contributed by atoms with van der Waals surface area (Å²) in [5.41, 5.74) is 0. The Hall–Kier alpha value is -0.120. The van der Waals surface area contributed by atoms with Gasteiger partial charge in [-0.25, -0.2) is 0 Å². The summed E-state index contributed by atoms with van der Waals surface area (Å²) in [5, 5.41) is 0. The first-order valence-electron chi connectivity index (χ1n) is 7.70. The minimum atomic E-state index is 0.936. The van der Waals surface area contributed by atoms with Crippen molar-refractivity contribution in [3.63, 3.8) is 0 Å². The van der Waals surface area contributed by atoms with Crippen LogP contribution in [0.25, 0.3) is 0 Å². The average Bonchev–Trinajstić information content (AvgIpc) is 2.42. The van der Waals surface area contributed by atoms with Gasteiger partial charge in [0.25, 0.3) is 0 Å². The molecule has 2 aliphatic rings. The van der Waals surface area contributed by atoms with Gasteiger partial charge in [-0.1, -0.05) is 6.92 Å². The molecule has 105 valence electrons. The van der Waals surface area contributed by atoms with Gasteiger partial charge < -0.3 is 14.5 Å². The van der Waals surface area contributed by atoms with E-state index in [-0.39, 0.29) is 0 Å². The number of hydrogen-bond acceptors (Lipinski definition) is 3. The minimum absolute atomic E-state index is 0.936. The first kappa shape index (κ1) is 14.3. The molecule has 0 bridgehead atoms. The van der Waals surface area contributed by atoms with Crippen LogP contribution in [-0.4, -0.2) is 62.3 Å². The molecule has 0 unspecified atom stereocenters. The third-order valence-corrected chi connectivity index (χ3v) is 4.37. The third kappa shape index (κ3) is 4.87. The normalized spacial score (nSPS) is 24.5. The maximum absolute atomic E-state index is 5.41. The predicted molar refractivity (Wildman–Crippen MR) is 75.6 cm³/mol. The van der Waals surface area contributed by atoms with Crippen molar-refractivity contribution >= 4 is 0 Å². The molecule has 0 aromatic rings. The van der Waals surface area contributed by atoms with Gasteiger partial charge in [0.05, 0.1) is 0 Å². The highest BCUT2D eigenvalue weighted by molar-refractivity contribution is 4.73. The molecule has 18 heavy (non-hydrogen) atoms. The van der Waals surface area contributed by atoms with Crippen LogP contribution in [0.5, 0.6) is 0 Å². The zero-order valence-electron chi connectivity index (χ0n) is 11.8. The molecule has 0 spiro atoms. The molecule has 3 heteroatoms. The van der Waals surface area contributed by atoms with E-state index in [1.54, 1.807) is 0 Å². The zero-order valence-corrected chi connectivity index (χ0v) is 11.8. The highest BCUT2D eigenvalue weighted by atomic mass is 16.5. The van der Waals surface area contributed by atoms with E-state index >= 15 is 0 Å². The highest BCUT2D eigenvalue weighted by Gasteiger charge is 2.17. The van der Waals surface area contributed by atoms with E-state index in [9.17, 15) is 0 Å². The topological polar surface area (TPSA) is 15.7 Å². The Bertz CT molecular complexity index is 209. The fraction of sp³-hybridized carbons (Fsp3) is 0.933. The van der Waals surface area contributed by atoms with Gasteiger partial charge in [0.15, 0.2) is 0 Å². The van der Waals surface area contributed by atoms with Crippen LogP contribution >= 0.6 is 0 Å². The fourth-order valence-corrected chi connectivity index (χ4v) is 3.10. The summed E-state index contributed by atoms with van der Waals surface area (Å²) in [6.45, 7) is 13.4. The van der Waals surface area contributed by atoms with Crippen LogP contribution in [0.1, 0.15) is 32.1 Å². The van der Waals surface area contributed by atoms with Crippen molar-refractivity contribution in [3.05, 3.63) is 6.92 Å². The van der Waals surface area contributed by atoms with Crippen LogP contribution < -0.4 is 0 Å². The second kappa shape index (κ2) is 8.13. The first-order valence-corrected chi connectivity index (χ1v) is 7.70. The standard InChI is InChI=1S/C15H29N2O/c1-2-7-16-9-11-17(12-10-16)8-3-4-15-5-13-18-14-6-15/h15H,1-14H2. The zero-order chi connectivity index (χ0) is 12.6. The lowest BCUT2D eigenvalue weighted by Gasteiger charge is -2.34. The Balaban J connectivity index is 1.52. The highest BCUT2D eigenvalue weighted by Crippen LogP contribution is 2.20. The molecule has 0 atom stereocenters. The molecule has 0 aromatic heterocycles. The van der Waals surface area contributed by atoms with Crippen molar-refractivity contribution in [2.75, 3.05) is 52.5 Å². The van der Waals surface area contributed by atoms with Crippen LogP contribution in [-0.2, 0) is 4.74 Å². The third-order valence-electron chi connectivity index (χ3n) is 4.37. The average molecular weight is 253 g/mol. The molecule has 2 saturated heterocycles. The number of hydrogen-bond donors (Lipinski definition) is 0. The van der Waals surface area contributed by atoms with Gasteiger partial charge in [0.2, 0.25) is 0 Å². The lowest BCUT2D eigenvalue weighted by Crippen LogP contribution is -2.46. The summed E-state index contributed by atoms with van der Waals surface area (Å²) in [5.74, 6) is 0.936. The lowest BCUT2D eigenvalue weighted by molar-refractivity contribution is 0.0611. The van der Waals surface area contributed by atoms with Crippen molar-refractivity contribution in [2.45, 2.75) is 32.1 Å². The van der Waals surface area contributed by atoms with Gasteiger partial charge in [0.1, 0.15) is 0 Å². The Labute approximate surface area is 112 Å². The molecule has 3 nitrogen and oxygen atoms in total. The molecular formula is C15H29N2O. The van der Waals surface area contributed by atoms with E-state index in [0.717, 1.165) is 25.6 Å². The van der Waals surface area contributed by atoms with E-state index < -0.39 is 0 Å². The molecule has 0 saturated carbocycles. The molecule has 0 N–H and O–H groups in total. The van der Waals surface area contributed by atoms with Gasteiger partial charge in [-0.2, -0.15) is 0 Å². The maximum Gasteiger partial charge on any atom is 0.0468 e. The molecular weight excluding hydrogens is 224 g/mol. The quantitative estimate of drug-likeness (QED) is 0.720. The maximum atomic E-state index is 5.41. The van der Waals surface area contributed by atoms with Gasteiger partial charge in [0, 0.05) is 39.4 Å². The van der Waals surface area contributed by atoms with Crippen molar-refractivity contribution in [2.24, 2.45) is 5.92 Å². The monoisotopic (exact) mass is 253 g/mol. The van der Waals surface area contributed by atoms with Crippen molar-refractivity contribution in [1.82, 2.24) is 9.80 Å². The van der Waals surface area contributed by atoms with E-state index in [4.69, 9.17) is 4.74 Å². The minimum Gasteiger partial charge on any atom is -0.381 e. The number of ether oxygens (including phenoxy) is 1. The van der Waals surface area contributed by atoms with E-state index in [1.165, 1.54) is 65.0 Å². The van der Waals surface area contributed by atoms with Crippen LogP contribution in [0.2, 0.25) is 0 Å². The summed E-state index contributed by atoms with van der Waals surface area (Å²) < 4.78 is 5.41. The molecule has 2 fully saturated rings. The Morgan fingerprint density at radius 2 is 1.56 bits per heavy atom. The second-order valence-electron chi connectivity index (χ2n) is 5.73. The van der Waals surface area contributed by atoms with E-state index in [2.05, 4.69) is 16.7 Å². The summed E-state index contributed by atoms with van der Waals surface area (Å²) in [6, 6.07) is 0. The van der Waals surface area contributed by atoms with Gasteiger partial charge in [-0.05, 0) is 51.1 Å². The summed E-state index contributed by atoms with van der Waals surface area (Å²) in [7, 11) is 0. The summed E-state index contributed by atoms with van der Waals surface area (Å²) in [6.07, 6.45) is 6.40.